The largest absolute Gasteiger partial charge is 0.497 e. The van der Waals surface area contributed by atoms with E-state index in [4.69, 9.17) is 9.47 Å². The van der Waals surface area contributed by atoms with Crippen molar-refractivity contribution in [2.75, 3.05) is 39.2 Å². The number of aliphatic hydroxyl groups is 1. The molecule has 1 heterocycles. The average Bonchev–Trinajstić information content (AvgIpc) is 2.95. The van der Waals surface area contributed by atoms with Crippen LogP contribution >= 0.6 is 0 Å². The van der Waals surface area contributed by atoms with Crippen molar-refractivity contribution in [1.29, 1.82) is 0 Å². The SMILES string of the molecule is COc1ccc(CN(C)C[C@@H]2Oc3c(NC(=O)C4CCCCC4)cccc3C(=O)N([C@H](C)CO)C[C@H]2C)cc1. The van der Waals surface area contributed by atoms with Gasteiger partial charge in [0, 0.05) is 31.5 Å². The van der Waals surface area contributed by atoms with E-state index in [1.165, 1.54) is 6.42 Å². The molecule has 212 valence electrons. The van der Waals surface area contributed by atoms with E-state index in [1.54, 1.807) is 24.1 Å². The molecule has 2 amide bonds. The Labute approximate surface area is 232 Å². The van der Waals surface area contributed by atoms with Crippen molar-refractivity contribution in [3.05, 3.63) is 53.6 Å². The summed E-state index contributed by atoms with van der Waals surface area (Å²) in [6.07, 6.45) is 4.82. The smallest absolute Gasteiger partial charge is 0.258 e. The molecule has 2 N–H and O–H groups in total. The molecule has 2 aliphatic rings. The van der Waals surface area contributed by atoms with Gasteiger partial charge in [-0.25, -0.2) is 0 Å². The van der Waals surface area contributed by atoms with Gasteiger partial charge in [-0.15, -0.1) is 0 Å². The van der Waals surface area contributed by atoms with Crippen molar-refractivity contribution in [3.8, 4) is 11.5 Å². The molecule has 8 heteroatoms. The second-order valence-corrected chi connectivity index (χ2v) is 11.2. The van der Waals surface area contributed by atoms with Crippen LogP contribution in [-0.4, -0.2) is 72.7 Å². The van der Waals surface area contributed by atoms with Crippen LogP contribution in [0.5, 0.6) is 11.5 Å². The molecule has 0 radical (unpaired) electrons. The second-order valence-electron chi connectivity index (χ2n) is 11.2. The molecule has 39 heavy (non-hydrogen) atoms. The van der Waals surface area contributed by atoms with Crippen molar-refractivity contribution in [1.82, 2.24) is 9.80 Å². The zero-order valence-corrected chi connectivity index (χ0v) is 23.7. The number of amides is 2. The van der Waals surface area contributed by atoms with E-state index in [0.717, 1.165) is 43.5 Å². The molecule has 0 bridgehead atoms. The van der Waals surface area contributed by atoms with Gasteiger partial charge in [-0.05, 0) is 56.6 Å². The van der Waals surface area contributed by atoms with E-state index in [-0.39, 0.29) is 42.4 Å². The first-order chi connectivity index (χ1) is 18.8. The summed E-state index contributed by atoms with van der Waals surface area (Å²) < 4.78 is 11.9. The van der Waals surface area contributed by atoms with Crippen molar-refractivity contribution >= 4 is 17.5 Å². The molecule has 0 saturated heterocycles. The lowest BCUT2D eigenvalue weighted by molar-refractivity contribution is -0.120. The third kappa shape index (κ3) is 7.11. The number of methoxy groups -OCH3 is 1. The monoisotopic (exact) mass is 537 g/mol. The number of likely N-dealkylation sites (N-methyl/N-ethyl adjacent to an activating group) is 1. The number of rotatable bonds is 9. The van der Waals surface area contributed by atoms with E-state index in [1.807, 2.05) is 25.1 Å². The van der Waals surface area contributed by atoms with Gasteiger partial charge in [0.1, 0.15) is 11.9 Å². The van der Waals surface area contributed by atoms with Crippen LogP contribution < -0.4 is 14.8 Å². The first-order valence-electron chi connectivity index (χ1n) is 14.1. The number of carbonyl (C=O) groups is 2. The zero-order valence-electron chi connectivity index (χ0n) is 23.7. The molecule has 1 aliphatic heterocycles. The van der Waals surface area contributed by atoms with Crippen LogP contribution in [0.4, 0.5) is 5.69 Å². The molecule has 1 saturated carbocycles. The van der Waals surface area contributed by atoms with Gasteiger partial charge in [-0.3, -0.25) is 14.5 Å². The summed E-state index contributed by atoms with van der Waals surface area (Å²) in [5.41, 5.74) is 2.10. The van der Waals surface area contributed by atoms with Crippen LogP contribution in [0.3, 0.4) is 0 Å². The number of para-hydroxylation sites is 1. The van der Waals surface area contributed by atoms with E-state index in [0.29, 0.717) is 30.1 Å². The molecule has 0 spiro atoms. The van der Waals surface area contributed by atoms with Crippen molar-refractivity contribution in [2.45, 2.75) is 64.6 Å². The first kappa shape index (κ1) is 28.9. The van der Waals surface area contributed by atoms with E-state index >= 15 is 0 Å². The lowest BCUT2D eigenvalue weighted by Crippen LogP contribution is -2.49. The molecule has 2 aromatic rings. The Hall–Kier alpha value is -3.10. The minimum absolute atomic E-state index is 0.0111. The molecule has 3 atom stereocenters. The van der Waals surface area contributed by atoms with Gasteiger partial charge in [0.25, 0.3) is 5.91 Å². The molecule has 4 rings (SSSR count). The van der Waals surface area contributed by atoms with Gasteiger partial charge in [0.2, 0.25) is 5.91 Å². The molecule has 0 unspecified atom stereocenters. The van der Waals surface area contributed by atoms with Crippen molar-refractivity contribution in [3.63, 3.8) is 0 Å². The van der Waals surface area contributed by atoms with Crippen LogP contribution in [0.2, 0.25) is 0 Å². The highest BCUT2D eigenvalue weighted by Crippen LogP contribution is 2.36. The number of fused-ring (bicyclic) bond motifs is 1. The number of carbonyl (C=O) groups excluding carboxylic acids is 2. The van der Waals surface area contributed by atoms with Crippen LogP contribution in [0.15, 0.2) is 42.5 Å². The molecule has 2 aromatic carbocycles. The Kier molecular flexibility index (Phi) is 9.86. The van der Waals surface area contributed by atoms with Crippen LogP contribution in [-0.2, 0) is 11.3 Å². The molecule has 0 aromatic heterocycles. The van der Waals surface area contributed by atoms with E-state index in [9.17, 15) is 14.7 Å². The number of nitrogens with zero attached hydrogens (tertiary/aromatic N) is 2. The molecule has 1 fully saturated rings. The standard InChI is InChI=1S/C31H43N3O5/c1-21-17-34(22(2)20-35)31(37)26-11-8-12-27(32-30(36)24-9-6-5-7-10-24)29(26)39-28(21)19-33(3)18-23-13-15-25(38-4)16-14-23/h8,11-16,21-22,24,28,35H,5-7,9-10,17-20H2,1-4H3,(H,32,36)/t21-,22-,28+/m1/s1. The van der Waals surface area contributed by atoms with Crippen LogP contribution in [0, 0.1) is 11.8 Å². The lowest BCUT2D eigenvalue weighted by Gasteiger charge is -2.38. The third-order valence-electron chi connectivity index (χ3n) is 8.03. The fourth-order valence-corrected chi connectivity index (χ4v) is 5.57. The molecular weight excluding hydrogens is 494 g/mol. The summed E-state index contributed by atoms with van der Waals surface area (Å²) in [6, 6.07) is 13.0. The zero-order chi connectivity index (χ0) is 27.9. The van der Waals surface area contributed by atoms with Crippen LogP contribution in [0.25, 0.3) is 0 Å². The number of benzene rings is 2. The summed E-state index contributed by atoms with van der Waals surface area (Å²) in [5.74, 6) is 0.989. The fraction of sp³-hybridized carbons (Fsp3) is 0.548. The van der Waals surface area contributed by atoms with Crippen molar-refractivity contribution in [2.24, 2.45) is 11.8 Å². The minimum atomic E-state index is -0.343. The lowest BCUT2D eigenvalue weighted by atomic mass is 9.88. The second kappa shape index (κ2) is 13.3. The molecule has 1 aliphatic carbocycles. The van der Waals surface area contributed by atoms with E-state index < -0.39 is 0 Å². The highest BCUT2D eigenvalue weighted by molar-refractivity contribution is 6.02. The maximum atomic E-state index is 13.7. The first-order valence-corrected chi connectivity index (χ1v) is 14.1. The minimum Gasteiger partial charge on any atom is -0.497 e. The maximum Gasteiger partial charge on any atom is 0.258 e. The number of anilines is 1. The normalized spacial score (nSPS) is 21.0. The number of nitrogens with one attached hydrogen (secondary N) is 1. The fourth-order valence-electron chi connectivity index (χ4n) is 5.57. The summed E-state index contributed by atoms with van der Waals surface area (Å²) in [5, 5.41) is 13.0. The Morgan fingerprint density at radius 1 is 1.18 bits per heavy atom. The molecule has 8 nitrogen and oxygen atoms in total. The van der Waals surface area contributed by atoms with Gasteiger partial charge in [-0.2, -0.15) is 0 Å². The van der Waals surface area contributed by atoms with Gasteiger partial charge in [0.05, 0.1) is 31.0 Å². The van der Waals surface area contributed by atoms with Crippen molar-refractivity contribution < 1.29 is 24.2 Å². The summed E-state index contributed by atoms with van der Waals surface area (Å²) in [6.45, 7) is 5.59. The topological polar surface area (TPSA) is 91.3 Å². The number of hydrogen-bond donors (Lipinski definition) is 2. The quantitative estimate of drug-likeness (QED) is 0.487. The highest BCUT2D eigenvalue weighted by Gasteiger charge is 2.35. The predicted octanol–water partition coefficient (Wildman–Crippen LogP) is 4.57. The Bertz CT molecular complexity index is 1120. The number of ether oxygens (including phenoxy) is 2. The summed E-state index contributed by atoms with van der Waals surface area (Å²) >= 11 is 0. The number of aliphatic hydroxyl groups excluding tert-OH is 1. The average molecular weight is 538 g/mol. The van der Waals surface area contributed by atoms with Gasteiger partial charge < -0.3 is 24.8 Å². The summed E-state index contributed by atoms with van der Waals surface area (Å²) in [4.78, 5) is 30.8. The Morgan fingerprint density at radius 3 is 2.56 bits per heavy atom. The number of hydrogen-bond acceptors (Lipinski definition) is 6. The third-order valence-corrected chi connectivity index (χ3v) is 8.03. The van der Waals surface area contributed by atoms with Gasteiger partial charge in [-0.1, -0.05) is 44.4 Å². The van der Waals surface area contributed by atoms with E-state index in [2.05, 4.69) is 36.3 Å². The predicted molar refractivity (Wildman–Crippen MR) is 152 cm³/mol. The van der Waals surface area contributed by atoms with Crippen LogP contribution in [0.1, 0.15) is 61.9 Å². The Morgan fingerprint density at radius 2 is 1.90 bits per heavy atom. The highest BCUT2D eigenvalue weighted by atomic mass is 16.5. The molecular formula is C31H43N3O5. The summed E-state index contributed by atoms with van der Waals surface area (Å²) in [7, 11) is 3.71. The van der Waals surface area contributed by atoms with Gasteiger partial charge in [0.15, 0.2) is 5.75 Å². The Balaban J connectivity index is 1.61. The maximum absolute atomic E-state index is 13.7. The van der Waals surface area contributed by atoms with Gasteiger partial charge >= 0.3 is 0 Å².